The highest BCUT2D eigenvalue weighted by molar-refractivity contribution is 7.89. The average molecular weight is 284 g/mol. The Morgan fingerprint density at radius 2 is 2.21 bits per heavy atom. The normalized spacial score (nSPS) is 11.5. The molecular formula is C10H12N4O4S. The summed E-state index contributed by atoms with van der Waals surface area (Å²) in [6, 6.07) is 1.48. The summed E-state index contributed by atoms with van der Waals surface area (Å²) in [6.45, 7) is 1.62. The van der Waals surface area contributed by atoms with Crippen molar-refractivity contribution in [2.45, 2.75) is 11.8 Å². The summed E-state index contributed by atoms with van der Waals surface area (Å²) in [5, 5.41) is 11.3. The summed E-state index contributed by atoms with van der Waals surface area (Å²) >= 11 is 0. The van der Waals surface area contributed by atoms with Crippen LogP contribution in [0.5, 0.6) is 0 Å². The van der Waals surface area contributed by atoms with E-state index in [1.807, 2.05) is 0 Å². The van der Waals surface area contributed by atoms with Crippen LogP contribution >= 0.6 is 0 Å². The van der Waals surface area contributed by atoms with E-state index in [4.69, 9.17) is 9.56 Å². The number of furan rings is 1. The van der Waals surface area contributed by atoms with E-state index in [0.29, 0.717) is 11.3 Å². The summed E-state index contributed by atoms with van der Waals surface area (Å²) in [5.41, 5.74) is 0.297. The number of aromatic nitrogens is 2. The number of sulfonamides is 1. The molecule has 9 heteroatoms. The molecule has 0 spiro atoms. The number of hydrogen-bond acceptors (Lipinski definition) is 5. The molecule has 0 aliphatic rings. The van der Waals surface area contributed by atoms with E-state index in [1.54, 1.807) is 6.92 Å². The maximum absolute atomic E-state index is 11.9. The van der Waals surface area contributed by atoms with Gasteiger partial charge in [0.2, 0.25) is 10.0 Å². The van der Waals surface area contributed by atoms with Crippen molar-refractivity contribution in [2.75, 3.05) is 5.32 Å². The Kier molecular flexibility index (Phi) is 3.16. The van der Waals surface area contributed by atoms with Gasteiger partial charge in [-0.15, -0.1) is 0 Å². The lowest BCUT2D eigenvalue weighted by molar-refractivity contribution is 0.102. The molecule has 2 aromatic rings. The molecule has 2 rings (SSSR count). The van der Waals surface area contributed by atoms with Crippen molar-refractivity contribution in [2.24, 2.45) is 12.2 Å². The number of nitrogens with zero attached hydrogens (tertiary/aromatic N) is 2. The molecule has 0 unspecified atom stereocenters. The minimum absolute atomic E-state index is 0.115. The van der Waals surface area contributed by atoms with E-state index in [-0.39, 0.29) is 10.7 Å². The Hall–Kier alpha value is -2.13. The van der Waals surface area contributed by atoms with Crippen LogP contribution < -0.4 is 10.5 Å². The van der Waals surface area contributed by atoms with Gasteiger partial charge in [0.05, 0.1) is 11.8 Å². The predicted molar refractivity (Wildman–Crippen MR) is 66.0 cm³/mol. The van der Waals surface area contributed by atoms with Gasteiger partial charge in [0.25, 0.3) is 5.91 Å². The summed E-state index contributed by atoms with van der Waals surface area (Å²) in [6.07, 6.45) is 2.58. The van der Waals surface area contributed by atoms with Crippen molar-refractivity contribution in [3.8, 4) is 0 Å². The van der Waals surface area contributed by atoms with Gasteiger partial charge in [-0.25, -0.2) is 13.6 Å². The molecule has 0 aromatic carbocycles. The van der Waals surface area contributed by atoms with Crippen molar-refractivity contribution in [1.29, 1.82) is 0 Å². The van der Waals surface area contributed by atoms with Gasteiger partial charge in [-0.05, 0) is 13.0 Å². The quantitative estimate of drug-likeness (QED) is 0.835. The molecule has 19 heavy (non-hydrogen) atoms. The Balaban J connectivity index is 2.35. The fourth-order valence-electron chi connectivity index (χ4n) is 1.56. The molecule has 0 radical (unpaired) electrons. The molecule has 0 fully saturated rings. The van der Waals surface area contributed by atoms with Gasteiger partial charge in [-0.3, -0.25) is 9.48 Å². The largest absolute Gasteiger partial charge is 0.469 e. The molecule has 102 valence electrons. The zero-order valence-corrected chi connectivity index (χ0v) is 11.1. The van der Waals surface area contributed by atoms with Crippen molar-refractivity contribution in [3.63, 3.8) is 0 Å². The number of carbonyl (C=O) groups excluding carboxylic acids is 1. The van der Waals surface area contributed by atoms with Crippen molar-refractivity contribution >= 4 is 21.7 Å². The van der Waals surface area contributed by atoms with E-state index in [0.717, 1.165) is 0 Å². The first-order chi connectivity index (χ1) is 8.79. The lowest BCUT2D eigenvalue weighted by Gasteiger charge is -2.02. The number of aryl methyl sites for hydroxylation is 2. The Morgan fingerprint density at radius 1 is 1.53 bits per heavy atom. The summed E-state index contributed by atoms with van der Waals surface area (Å²) in [7, 11) is -2.44. The number of nitrogens with two attached hydrogens (primary N) is 1. The number of carbonyl (C=O) groups is 1. The van der Waals surface area contributed by atoms with Gasteiger partial charge in [-0.1, -0.05) is 0 Å². The molecule has 8 nitrogen and oxygen atoms in total. The van der Waals surface area contributed by atoms with E-state index in [2.05, 4.69) is 10.4 Å². The average Bonchev–Trinajstić information content (AvgIpc) is 2.84. The lowest BCUT2D eigenvalue weighted by atomic mass is 10.2. The van der Waals surface area contributed by atoms with Crippen LogP contribution in [0.25, 0.3) is 0 Å². The molecular weight excluding hydrogens is 272 g/mol. The van der Waals surface area contributed by atoms with E-state index in [1.165, 1.54) is 30.3 Å². The van der Waals surface area contributed by atoms with Crippen LogP contribution in [0.1, 0.15) is 16.1 Å². The number of nitrogens with one attached hydrogen (secondary N) is 1. The van der Waals surface area contributed by atoms with Crippen LogP contribution in [0.3, 0.4) is 0 Å². The summed E-state index contributed by atoms with van der Waals surface area (Å²) < 4.78 is 29.0. The van der Waals surface area contributed by atoms with Crippen LogP contribution in [-0.4, -0.2) is 24.1 Å². The summed E-state index contributed by atoms with van der Waals surface area (Å²) in [5.74, 6) is -0.212. The third-order valence-corrected chi connectivity index (χ3v) is 3.35. The third-order valence-electron chi connectivity index (χ3n) is 2.44. The lowest BCUT2D eigenvalue weighted by Crippen LogP contribution is -2.17. The number of anilines is 1. The molecule has 0 aliphatic carbocycles. The fraction of sp³-hybridized carbons (Fsp3) is 0.200. The SMILES string of the molecule is Cc1occc1C(=O)Nc1nn(C)cc1S(N)(=O)=O. The van der Waals surface area contributed by atoms with Gasteiger partial charge in [-0.2, -0.15) is 5.10 Å². The second-order valence-electron chi connectivity index (χ2n) is 3.91. The maximum atomic E-state index is 11.9. The van der Waals surface area contributed by atoms with Gasteiger partial charge in [0.1, 0.15) is 10.7 Å². The van der Waals surface area contributed by atoms with Crippen molar-refractivity contribution < 1.29 is 17.6 Å². The highest BCUT2D eigenvalue weighted by Gasteiger charge is 2.21. The van der Waals surface area contributed by atoms with Crippen molar-refractivity contribution in [3.05, 3.63) is 29.9 Å². The molecule has 0 atom stereocenters. The van der Waals surface area contributed by atoms with Gasteiger partial charge in [0, 0.05) is 13.2 Å². The molecule has 1 amide bonds. The van der Waals surface area contributed by atoms with Gasteiger partial charge in [0.15, 0.2) is 5.82 Å². The molecule has 0 aliphatic heterocycles. The minimum atomic E-state index is -3.96. The number of primary sulfonamides is 1. The molecule has 0 bridgehead atoms. The van der Waals surface area contributed by atoms with Crippen LogP contribution in [0.2, 0.25) is 0 Å². The van der Waals surface area contributed by atoms with E-state index in [9.17, 15) is 13.2 Å². The molecule has 3 N–H and O–H groups in total. The topological polar surface area (TPSA) is 120 Å². The fourth-order valence-corrected chi connectivity index (χ4v) is 2.22. The van der Waals surface area contributed by atoms with Gasteiger partial charge >= 0.3 is 0 Å². The third kappa shape index (κ3) is 2.66. The van der Waals surface area contributed by atoms with Crippen molar-refractivity contribution in [1.82, 2.24) is 9.78 Å². The second-order valence-corrected chi connectivity index (χ2v) is 5.44. The molecule has 2 aromatic heterocycles. The predicted octanol–water partition coefficient (Wildman–Crippen LogP) is 0.221. The smallest absolute Gasteiger partial charge is 0.260 e. The van der Waals surface area contributed by atoms with Crippen LogP contribution in [0, 0.1) is 6.92 Å². The van der Waals surface area contributed by atoms with Crippen LogP contribution in [0.15, 0.2) is 27.8 Å². The van der Waals surface area contributed by atoms with E-state index < -0.39 is 15.9 Å². The zero-order valence-electron chi connectivity index (χ0n) is 10.2. The van der Waals surface area contributed by atoms with Crippen LogP contribution in [0.4, 0.5) is 5.82 Å². The number of hydrogen-bond donors (Lipinski definition) is 2. The monoisotopic (exact) mass is 284 g/mol. The zero-order chi connectivity index (χ0) is 14.2. The minimum Gasteiger partial charge on any atom is -0.469 e. The molecule has 2 heterocycles. The number of rotatable bonds is 3. The first-order valence-corrected chi connectivity index (χ1v) is 6.75. The number of amides is 1. The highest BCUT2D eigenvalue weighted by atomic mass is 32.2. The first kappa shape index (κ1) is 13.3. The molecule has 0 saturated carbocycles. The Bertz CT molecular complexity index is 729. The Morgan fingerprint density at radius 3 is 2.74 bits per heavy atom. The van der Waals surface area contributed by atoms with Gasteiger partial charge < -0.3 is 9.73 Å². The standard InChI is InChI=1S/C10H12N4O4S/c1-6-7(3-4-18-6)10(15)12-9-8(19(11,16)17)5-14(2)13-9/h3-5H,1-2H3,(H2,11,16,17)(H,12,13,15). The molecule has 0 saturated heterocycles. The second kappa shape index (κ2) is 4.52. The first-order valence-electron chi connectivity index (χ1n) is 5.21. The maximum Gasteiger partial charge on any atom is 0.260 e. The van der Waals surface area contributed by atoms with Crippen LogP contribution in [-0.2, 0) is 17.1 Å². The Labute approximate surface area is 109 Å². The highest BCUT2D eigenvalue weighted by Crippen LogP contribution is 2.19. The van der Waals surface area contributed by atoms with E-state index >= 15 is 0 Å². The summed E-state index contributed by atoms with van der Waals surface area (Å²) in [4.78, 5) is 11.7.